The molecule has 0 unspecified atom stereocenters. The number of hydrogen-bond donors (Lipinski definition) is 1. The van der Waals surface area contributed by atoms with Gasteiger partial charge in [0.1, 0.15) is 11.3 Å². The van der Waals surface area contributed by atoms with Crippen LogP contribution in [0.3, 0.4) is 0 Å². The summed E-state index contributed by atoms with van der Waals surface area (Å²) in [6, 6.07) is 15.1. The van der Waals surface area contributed by atoms with Crippen molar-refractivity contribution in [3.05, 3.63) is 90.9 Å². The van der Waals surface area contributed by atoms with E-state index in [1.165, 1.54) is 12.3 Å². The van der Waals surface area contributed by atoms with Gasteiger partial charge in [-0.15, -0.1) is 0 Å². The number of nitrogens with one attached hydrogen (secondary N) is 1. The summed E-state index contributed by atoms with van der Waals surface area (Å²) in [5.41, 5.74) is 3.39. The van der Waals surface area contributed by atoms with Crippen LogP contribution >= 0.6 is 27.7 Å². The number of aromatic nitrogens is 1. The topological polar surface area (TPSA) is 163 Å². The second-order valence-electron chi connectivity index (χ2n) is 6.99. The number of nitro benzene ring substituents is 2. The van der Waals surface area contributed by atoms with E-state index in [9.17, 15) is 25.0 Å². The Morgan fingerprint density at radius 2 is 1.89 bits per heavy atom. The van der Waals surface area contributed by atoms with Crippen LogP contribution in [0.1, 0.15) is 5.56 Å². The summed E-state index contributed by atoms with van der Waals surface area (Å²) in [5, 5.41) is 26.5. The number of carbonyl (C=O) groups excluding carboxylic acids is 1. The molecule has 0 fully saturated rings. The van der Waals surface area contributed by atoms with Gasteiger partial charge in [0, 0.05) is 6.07 Å². The van der Waals surface area contributed by atoms with E-state index < -0.39 is 21.2 Å². The zero-order valence-corrected chi connectivity index (χ0v) is 20.4. The number of nitro groups is 2. The number of carbonyl (C=O) groups is 1. The van der Waals surface area contributed by atoms with Crippen LogP contribution in [0.4, 0.5) is 11.4 Å². The largest absolute Gasteiger partial charge is 0.449 e. The van der Waals surface area contributed by atoms with Crippen LogP contribution in [0.2, 0.25) is 0 Å². The summed E-state index contributed by atoms with van der Waals surface area (Å²) in [6.45, 7) is 0. The van der Waals surface area contributed by atoms with Gasteiger partial charge in [-0.25, -0.2) is 10.4 Å². The van der Waals surface area contributed by atoms with Crippen molar-refractivity contribution < 1.29 is 23.8 Å². The van der Waals surface area contributed by atoms with Crippen molar-refractivity contribution in [2.45, 2.75) is 5.22 Å². The molecule has 0 aliphatic heterocycles. The number of halogens is 1. The molecule has 0 spiro atoms. The predicted octanol–water partition coefficient (Wildman–Crippen LogP) is 5.44. The maximum Gasteiger partial charge on any atom is 0.318 e. The molecule has 0 bridgehead atoms. The van der Waals surface area contributed by atoms with E-state index in [2.05, 4.69) is 31.4 Å². The van der Waals surface area contributed by atoms with Crippen molar-refractivity contribution in [2.24, 2.45) is 5.10 Å². The van der Waals surface area contributed by atoms with E-state index in [1.54, 1.807) is 18.2 Å². The summed E-state index contributed by atoms with van der Waals surface area (Å²) in [6.07, 6.45) is 1.41. The molecule has 0 radical (unpaired) electrons. The minimum absolute atomic E-state index is 0.0502. The molecule has 1 heterocycles. The number of non-ortho nitro benzene ring substituents is 1. The number of thioether (sulfide) groups is 1. The van der Waals surface area contributed by atoms with E-state index in [1.807, 2.05) is 18.2 Å². The number of nitrogens with zero attached hydrogens (tertiary/aromatic N) is 4. The molecule has 14 heteroatoms. The number of benzene rings is 3. The van der Waals surface area contributed by atoms with Gasteiger partial charge in [-0.05, 0) is 57.9 Å². The molecule has 1 N–H and O–H groups in total. The number of ether oxygens (including phenoxy) is 1. The quantitative estimate of drug-likeness (QED) is 0.119. The number of fused-ring (bicyclic) bond motifs is 1. The van der Waals surface area contributed by atoms with Crippen LogP contribution < -0.4 is 10.2 Å². The van der Waals surface area contributed by atoms with E-state index in [-0.39, 0.29) is 23.2 Å². The fraction of sp³-hybridized carbons (Fsp3) is 0.0455. The molecule has 36 heavy (non-hydrogen) atoms. The van der Waals surface area contributed by atoms with Crippen molar-refractivity contribution in [1.29, 1.82) is 0 Å². The highest BCUT2D eigenvalue weighted by atomic mass is 79.9. The molecule has 0 atom stereocenters. The first kappa shape index (κ1) is 24.8. The number of para-hydroxylation sites is 2. The average molecular weight is 572 g/mol. The molecular formula is C22H14BrN5O7S. The molecule has 4 aromatic rings. The number of rotatable bonds is 9. The lowest BCUT2D eigenvalue weighted by Gasteiger charge is -2.08. The van der Waals surface area contributed by atoms with Gasteiger partial charge in [0.25, 0.3) is 16.8 Å². The van der Waals surface area contributed by atoms with Crippen molar-refractivity contribution in [3.63, 3.8) is 0 Å². The molecule has 3 aromatic carbocycles. The maximum absolute atomic E-state index is 12.1. The second kappa shape index (κ2) is 11.0. The lowest BCUT2D eigenvalue weighted by Crippen LogP contribution is -2.19. The van der Waals surface area contributed by atoms with Gasteiger partial charge in [-0.1, -0.05) is 23.9 Å². The number of hydrazone groups is 1. The summed E-state index contributed by atoms with van der Waals surface area (Å²) >= 11 is 4.46. The summed E-state index contributed by atoms with van der Waals surface area (Å²) in [5.74, 6) is -0.225. The normalized spacial score (nSPS) is 11.0. The Morgan fingerprint density at radius 1 is 1.11 bits per heavy atom. The van der Waals surface area contributed by atoms with Crippen LogP contribution in [-0.4, -0.2) is 32.7 Å². The Morgan fingerprint density at radius 3 is 2.61 bits per heavy atom. The van der Waals surface area contributed by atoms with Gasteiger partial charge in [0.15, 0.2) is 5.58 Å². The zero-order valence-electron chi connectivity index (χ0n) is 18.0. The van der Waals surface area contributed by atoms with E-state index in [4.69, 9.17) is 9.15 Å². The maximum atomic E-state index is 12.1. The molecular weight excluding hydrogens is 558 g/mol. The highest BCUT2D eigenvalue weighted by Gasteiger charge is 2.21. The van der Waals surface area contributed by atoms with E-state index >= 15 is 0 Å². The van der Waals surface area contributed by atoms with Crippen molar-refractivity contribution >= 4 is 62.3 Å². The highest BCUT2D eigenvalue weighted by molar-refractivity contribution is 9.10. The summed E-state index contributed by atoms with van der Waals surface area (Å²) < 4.78 is 11.6. The molecule has 1 aromatic heterocycles. The van der Waals surface area contributed by atoms with E-state index in [0.717, 1.165) is 30.0 Å². The first-order chi connectivity index (χ1) is 17.3. The smallest absolute Gasteiger partial charge is 0.318 e. The first-order valence-electron chi connectivity index (χ1n) is 10.0. The van der Waals surface area contributed by atoms with Gasteiger partial charge in [0.2, 0.25) is 5.75 Å². The molecule has 12 nitrogen and oxygen atoms in total. The molecule has 1 amide bonds. The van der Waals surface area contributed by atoms with Gasteiger partial charge in [0.05, 0.1) is 32.4 Å². The summed E-state index contributed by atoms with van der Waals surface area (Å²) in [4.78, 5) is 37.0. The number of amides is 1. The van der Waals surface area contributed by atoms with Crippen LogP contribution in [0, 0.1) is 20.2 Å². The lowest BCUT2D eigenvalue weighted by atomic mass is 10.2. The first-order valence-corrected chi connectivity index (χ1v) is 11.8. The lowest BCUT2D eigenvalue weighted by molar-refractivity contribution is -0.394. The SMILES string of the molecule is O=C(CSc1nc2ccccc2o1)N/N=C\c1ccc(Oc2ccc([N+](=O)[O-])cc2[N+](=O)[O-])c(Br)c1. The molecule has 182 valence electrons. The van der Waals surface area contributed by atoms with Crippen molar-refractivity contribution in [1.82, 2.24) is 10.4 Å². The fourth-order valence-corrected chi connectivity index (χ4v) is 4.01. The molecule has 0 saturated heterocycles. The molecule has 0 aliphatic rings. The van der Waals surface area contributed by atoms with Crippen molar-refractivity contribution in [2.75, 3.05) is 5.75 Å². The standard InChI is InChI=1S/C22H14BrN5O7S/c23-15-9-13(5-7-18(15)34-20-8-6-14(27(30)31)10-17(20)28(32)33)11-24-26-21(29)12-36-22-25-16-3-1-2-4-19(16)35-22/h1-11H,12H2,(H,26,29)/b24-11-. The third-order valence-electron chi connectivity index (χ3n) is 4.53. The fourth-order valence-electron chi connectivity index (χ4n) is 2.90. The molecule has 4 rings (SSSR count). The van der Waals surface area contributed by atoms with Gasteiger partial charge >= 0.3 is 5.69 Å². The number of oxazole rings is 1. The minimum Gasteiger partial charge on any atom is -0.449 e. The third kappa shape index (κ3) is 6.03. The Hall–Kier alpha value is -4.30. The van der Waals surface area contributed by atoms with Gasteiger partial charge in [-0.3, -0.25) is 25.0 Å². The highest BCUT2D eigenvalue weighted by Crippen LogP contribution is 2.37. The van der Waals surface area contributed by atoms with Crippen LogP contribution in [0.5, 0.6) is 11.5 Å². The average Bonchev–Trinajstić information content (AvgIpc) is 3.27. The third-order valence-corrected chi connectivity index (χ3v) is 5.98. The van der Waals surface area contributed by atoms with Crippen molar-refractivity contribution in [3.8, 4) is 11.5 Å². The monoisotopic (exact) mass is 571 g/mol. The van der Waals surface area contributed by atoms with Gasteiger partial charge in [-0.2, -0.15) is 5.10 Å². The Labute approximate surface area is 214 Å². The van der Waals surface area contributed by atoms with E-state index in [0.29, 0.717) is 26.4 Å². The minimum atomic E-state index is -0.761. The Balaban J connectivity index is 1.35. The van der Waals surface area contributed by atoms with Crippen LogP contribution in [-0.2, 0) is 4.79 Å². The molecule has 0 aliphatic carbocycles. The van der Waals surface area contributed by atoms with Crippen LogP contribution in [0.15, 0.2) is 79.9 Å². The molecule has 0 saturated carbocycles. The predicted molar refractivity (Wildman–Crippen MR) is 134 cm³/mol. The van der Waals surface area contributed by atoms with Gasteiger partial charge < -0.3 is 9.15 Å². The summed E-state index contributed by atoms with van der Waals surface area (Å²) in [7, 11) is 0. The Kier molecular flexibility index (Phi) is 7.56. The Bertz CT molecular complexity index is 1470. The second-order valence-corrected chi connectivity index (χ2v) is 8.77. The van der Waals surface area contributed by atoms with Crippen LogP contribution in [0.25, 0.3) is 11.1 Å². The number of hydrogen-bond acceptors (Lipinski definition) is 10. The zero-order chi connectivity index (χ0) is 25.7.